The van der Waals surface area contributed by atoms with Crippen LogP contribution in [0.1, 0.15) is 17.7 Å². The van der Waals surface area contributed by atoms with Crippen molar-refractivity contribution in [3.63, 3.8) is 0 Å². The Morgan fingerprint density at radius 2 is 2.07 bits per heavy atom. The van der Waals surface area contributed by atoms with Crippen LogP contribution in [-0.4, -0.2) is 23.2 Å². The van der Waals surface area contributed by atoms with E-state index >= 15 is 0 Å². The van der Waals surface area contributed by atoms with Crippen molar-refractivity contribution in [3.05, 3.63) is 70.8 Å². The summed E-state index contributed by atoms with van der Waals surface area (Å²) in [5, 5.41) is 0.512. The molecule has 0 saturated heterocycles. The zero-order valence-electron chi connectivity index (χ0n) is 15.0. The molecule has 1 aliphatic rings. The highest BCUT2D eigenvalue weighted by atomic mass is 35.5. The summed E-state index contributed by atoms with van der Waals surface area (Å²) < 4.78 is 19.8. The van der Waals surface area contributed by atoms with Crippen LogP contribution >= 0.6 is 23.4 Å². The molecule has 0 N–H and O–H groups in total. The lowest BCUT2D eigenvalue weighted by atomic mass is 10.0. The Morgan fingerprint density at radius 1 is 1.25 bits per heavy atom. The summed E-state index contributed by atoms with van der Waals surface area (Å²) in [5.74, 6) is 0.809. The predicted octanol–water partition coefficient (Wildman–Crippen LogP) is 5.35. The molecule has 1 aliphatic heterocycles. The third-order valence-electron chi connectivity index (χ3n) is 4.60. The topological polar surface area (TPSA) is 46.3 Å². The van der Waals surface area contributed by atoms with E-state index in [1.807, 2.05) is 30.3 Å². The summed E-state index contributed by atoms with van der Waals surface area (Å²) in [6.07, 6.45) is 3.07. The number of aromatic nitrogens is 1. The summed E-state index contributed by atoms with van der Waals surface area (Å²) >= 11 is 7.63. The minimum atomic E-state index is -0.401. The van der Waals surface area contributed by atoms with Crippen LogP contribution in [0.3, 0.4) is 0 Å². The summed E-state index contributed by atoms with van der Waals surface area (Å²) in [6, 6.07) is 12.5. The Kier molecular flexibility index (Phi) is 5.69. The number of benzene rings is 2. The monoisotopic (exact) mass is 416 g/mol. The van der Waals surface area contributed by atoms with Crippen molar-refractivity contribution < 1.29 is 13.6 Å². The molecule has 0 bridgehead atoms. The molecule has 0 unspecified atom stereocenters. The smallest absolute Gasteiger partial charge is 0.237 e. The second-order valence-electron chi connectivity index (χ2n) is 6.51. The number of oxazole rings is 1. The molecule has 0 atom stereocenters. The highest BCUT2D eigenvalue weighted by Gasteiger charge is 2.27. The van der Waals surface area contributed by atoms with Gasteiger partial charge in [0.15, 0.2) is 0 Å². The van der Waals surface area contributed by atoms with E-state index in [0.29, 0.717) is 35.3 Å². The van der Waals surface area contributed by atoms with Gasteiger partial charge in [0.1, 0.15) is 12.1 Å². The molecule has 28 heavy (non-hydrogen) atoms. The quantitative estimate of drug-likeness (QED) is 0.562. The molecule has 2 heterocycles. The van der Waals surface area contributed by atoms with Crippen molar-refractivity contribution in [2.45, 2.75) is 18.6 Å². The van der Waals surface area contributed by atoms with Crippen molar-refractivity contribution in [2.24, 2.45) is 0 Å². The number of hydrogen-bond donors (Lipinski definition) is 0. The maximum Gasteiger partial charge on any atom is 0.237 e. The second-order valence-corrected chi connectivity index (χ2v) is 7.90. The van der Waals surface area contributed by atoms with E-state index in [1.165, 1.54) is 22.7 Å². The number of amides is 1. The van der Waals surface area contributed by atoms with Crippen molar-refractivity contribution in [3.8, 4) is 11.5 Å². The van der Waals surface area contributed by atoms with Crippen LogP contribution in [0, 0.1) is 5.82 Å². The highest BCUT2D eigenvalue weighted by Crippen LogP contribution is 2.35. The fraction of sp³-hybridized carbons (Fsp3) is 0.238. The zero-order chi connectivity index (χ0) is 19.5. The summed E-state index contributed by atoms with van der Waals surface area (Å²) in [6.45, 7) is 0.506. The molecule has 0 aliphatic carbocycles. The number of halogens is 2. The van der Waals surface area contributed by atoms with E-state index in [2.05, 4.69) is 4.98 Å². The molecule has 2 aromatic carbocycles. The van der Waals surface area contributed by atoms with Gasteiger partial charge in [0, 0.05) is 22.9 Å². The molecule has 3 aromatic rings. The Hall–Kier alpha value is -2.31. The average molecular weight is 417 g/mol. The van der Waals surface area contributed by atoms with E-state index in [1.54, 1.807) is 12.3 Å². The zero-order valence-corrected chi connectivity index (χ0v) is 16.6. The predicted molar refractivity (Wildman–Crippen MR) is 110 cm³/mol. The van der Waals surface area contributed by atoms with Crippen molar-refractivity contribution in [1.29, 1.82) is 0 Å². The minimum Gasteiger partial charge on any atom is -0.444 e. The first-order valence-corrected chi connectivity index (χ1v) is 10.5. The van der Waals surface area contributed by atoms with E-state index in [0.717, 1.165) is 23.2 Å². The lowest BCUT2D eigenvalue weighted by molar-refractivity contribution is -0.116. The second kappa shape index (κ2) is 8.37. The number of thioether (sulfide) groups is 1. The maximum atomic E-state index is 14.3. The first kappa shape index (κ1) is 19.0. The average Bonchev–Trinajstić information content (AvgIpc) is 3.20. The number of anilines is 1. The first-order chi connectivity index (χ1) is 13.6. The molecule has 0 spiro atoms. The maximum absolute atomic E-state index is 14.3. The molecule has 4 nitrogen and oxygen atoms in total. The molecule has 7 heteroatoms. The van der Waals surface area contributed by atoms with Crippen LogP contribution in [0.2, 0.25) is 5.02 Å². The van der Waals surface area contributed by atoms with Gasteiger partial charge < -0.3 is 9.32 Å². The fourth-order valence-corrected chi connectivity index (χ4v) is 4.32. The van der Waals surface area contributed by atoms with Crippen LogP contribution in [-0.2, 0) is 17.0 Å². The number of nitrogens with zero attached hydrogens (tertiary/aromatic N) is 2. The Balaban J connectivity index is 1.39. The van der Waals surface area contributed by atoms with Crippen molar-refractivity contribution in [1.82, 2.24) is 4.98 Å². The minimum absolute atomic E-state index is 0.126. The number of carbonyl (C=O) groups excluding carboxylic acids is 1. The van der Waals surface area contributed by atoms with Crippen LogP contribution < -0.4 is 4.90 Å². The van der Waals surface area contributed by atoms with Gasteiger partial charge >= 0.3 is 0 Å². The molecular weight excluding hydrogens is 399 g/mol. The summed E-state index contributed by atoms with van der Waals surface area (Å²) in [5.41, 5.74) is 2.73. The standard InChI is InChI=1S/C21H18ClFN2O2S/c22-17-8-9-18(23)20-16(17)7-4-10-25(20)19(26)13-28-12-15-11-27-21(24-15)14-5-2-1-3-6-14/h1-3,5-6,8-9,11H,4,7,10,12-13H2. The van der Waals surface area contributed by atoms with Crippen molar-refractivity contribution in [2.75, 3.05) is 17.2 Å². The van der Waals surface area contributed by atoms with Crippen LogP contribution in [0.15, 0.2) is 53.1 Å². The molecule has 1 amide bonds. The third kappa shape index (κ3) is 3.93. The van der Waals surface area contributed by atoms with Crippen LogP contribution in [0.5, 0.6) is 0 Å². The van der Waals surface area contributed by atoms with Gasteiger partial charge in [0.05, 0.1) is 17.1 Å². The van der Waals surface area contributed by atoms with Crippen LogP contribution in [0.25, 0.3) is 11.5 Å². The molecule has 0 saturated carbocycles. The largest absolute Gasteiger partial charge is 0.444 e. The molecule has 0 radical (unpaired) electrons. The van der Waals surface area contributed by atoms with Gasteiger partial charge in [0.2, 0.25) is 11.8 Å². The van der Waals surface area contributed by atoms with Gasteiger partial charge in [0.25, 0.3) is 0 Å². The third-order valence-corrected chi connectivity index (χ3v) is 5.91. The van der Waals surface area contributed by atoms with Gasteiger partial charge in [-0.3, -0.25) is 4.79 Å². The molecule has 0 fully saturated rings. The SMILES string of the molecule is O=C(CSCc1coc(-c2ccccc2)n1)N1CCCc2c(Cl)ccc(F)c21. The Bertz CT molecular complexity index is 993. The summed E-state index contributed by atoms with van der Waals surface area (Å²) in [7, 11) is 0. The number of carbonyl (C=O) groups is 1. The number of fused-ring (bicyclic) bond motifs is 1. The van der Waals surface area contributed by atoms with E-state index in [-0.39, 0.29) is 11.7 Å². The normalized spacial score (nSPS) is 13.4. The van der Waals surface area contributed by atoms with Crippen LogP contribution in [0.4, 0.5) is 10.1 Å². The molecule has 1 aromatic heterocycles. The van der Waals surface area contributed by atoms with Gasteiger partial charge in [-0.2, -0.15) is 0 Å². The first-order valence-electron chi connectivity index (χ1n) is 8.98. The van der Waals surface area contributed by atoms with Gasteiger partial charge in [-0.1, -0.05) is 29.8 Å². The lowest BCUT2D eigenvalue weighted by Gasteiger charge is -2.30. The van der Waals surface area contributed by atoms with Gasteiger partial charge in [-0.15, -0.1) is 11.8 Å². The highest BCUT2D eigenvalue weighted by molar-refractivity contribution is 7.99. The van der Waals surface area contributed by atoms with E-state index in [9.17, 15) is 9.18 Å². The van der Waals surface area contributed by atoms with Crippen molar-refractivity contribution >= 4 is 35.0 Å². The molecular formula is C21H18ClFN2O2S. The fourth-order valence-electron chi connectivity index (χ4n) is 3.30. The van der Waals surface area contributed by atoms with E-state index in [4.69, 9.17) is 16.0 Å². The molecule has 144 valence electrons. The van der Waals surface area contributed by atoms with Gasteiger partial charge in [-0.25, -0.2) is 9.37 Å². The Morgan fingerprint density at radius 3 is 2.89 bits per heavy atom. The van der Waals surface area contributed by atoms with E-state index < -0.39 is 5.82 Å². The Labute approximate surface area is 171 Å². The number of hydrogen-bond acceptors (Lipinski definition) is 4. The molecule has 4 rings (SSSR count). The number of rotatable bonds is 5. The lowest BCUT2D eigenvalue weighted by Crippen LogP contribution is -2.37. The summed E-state index contributed by atoms with van der Waals surface area (Å²) in [4.78, 5) is 18.7. The van der Waals surface area contributed by atoms with Gasteiger partial charge in [-0.05, 0) is 42.7 Å².